The summed E-state index contributed by atoms with van der Waals surface area (Å²) in [6, 6.07) is -0.336. The predicted molar refractivity (Wildman–Crippen MR) is 54.4 cm³/mol. The topological polar surface area (TPSA) is 67.2 Å². The number of carbonyl (C=O) groups is 1. The zero-order valence-electron chi connectivity index (χ0n) is 8.60. The fourth-order valence-corrected chi connectivity index (χ4v) is 1.10. The molecule has 4 N–H and O–H groups in total. The third-order valence-electron chi connectivity index (χ3n) is 1.88. The Kier molecular flexibility index (Phi) is 7.63. The summed E-state index contributed by atoms with van der Waals surface area (Å²) in [4.78, 5) is 11.2. The van der Waals surface area contributed by atoms with Crippen LogP contribution in [0.15, 0.2) is 0 Å². The van der Waals surface area contributed by atoms with Gasteiger partial charge in [-0.2, -0.15) is 0 Å². The Balaban J connectivity index is 3.38. The van der Waals surface area contributed by atoms with E-state index in [4.69, 9.17) is 5.73 Å². The third-order valence-corrected chi connectivity index (χ3v) is 1.88. The van der Waals surface area contributed by atoms with E-state index in [-0.39, 0.29) is 11.9 Å². The lowest BCUT2D eigenvalue weighted by Gasteiger charge is -2.10. The number of unbranched alkanes of at least 4 members (excludes halogenated alkanes) is 1. The van der Waals surface area contributed by atoms with Gasteiger partial charge in [0.15, 0.2) is 0 Å². The highest BCUT2D eigenvalue weighted by atomic mass is 16.2. The second-order valence-electron chi connectivity index (χ2n) is 3.10. The van der Waals surface area contributed by atoms with Gasteiger partial charge in [0.2, 0.25) is 5.91 Å². The molecule has 0 aliphatic carbocycles. The smallest absolute Gasteiger partial charge is 0.236 e. The Hall–Kier alpha value is -0.610. The van der Waals surface area contributed by atoms with E-state index in [9.17, 15) is 4.79 Å². The predicted octanol–water partition coefficient (Wildman–Crippen LogP) is -0.160. The fourth-order valence-electron chi connectivity index (χ4n) is 1.10. The summed E-state index contributed by atoms with van der Waals surface area (Å²) in [6.07, 6.45) is 2.84. The molecule has 1 unspecified atom stereocenters. The highest BCUT2D eigenvalue weighted by Gasteiger charge is 2.10. The minimum atomic E-state index is -0.336. The molecular weight excluding hydrogens is 166 g/mol. The second-order valence-corrected chi connectivity index (χ2v) is 3.10. The molecule has 13 heavy (non-hydrogen) atoms. The zero-order chi connectivity index (χ0) is 10.1. The Morgan fingerprint density at radius 2 is 2.15 bits per heavy atom. The molecule has 0 aliphatic rings. The summed E-state index contributed by atoms with van der Waals surface area (Å²) >= 11 is 0. The van der Waals surface area contributed by atoms with E-state index in [2.05, 4.69) is 10.6 Å². The first-order valence-electron chi connectivity index (χ1n) is 4.90. The fraction of sp³-hybridized carbons (Fsp3) is 0.889. The number of hydrogen-bond acceptors (Lipinski definition) is 3. The number of rotatable bonds is 7. The molecule has 0 saturated carbocycles. The van der Waals surface area contributed by atoms with E-state index in [1.54, 1.807) is 0 Å². The summed E-state index contributed by atoms with van der Waals surface area (Å²) in [5, 5.41) is 5.76. The van der Waals surface area contributed by atoms with E-state index >= 15 is 0 Å². The summed E-state index contributed by atoms with van der Waals surface area (Å²) in [7, 11) is 1.92. The minimum absolute atomic E-state index is 0.0352. The van der Waals surface area contributed by atoms with Crippen molar-refractivity contribution in [1.82, 2.24) is 10.6 Å². The van der Waals surface area contributed by atoms with Crippen LogP contribution in [0.3, 0.4) is 0 Å². The van der Waals surface area contributed by atoms with Gasteiger partial charge in [-0.15, -0.1) is 0 Å². The van der Waals surface area contributed by atoms with Crippen LogP contribution < -0.4 is 16.4 Å². The lowest BCUT2D eigenvalue weighted by Crippen LogP contribution is -2.40. The van der Waals surface area contributed by atoms with Gasteiger partial charge in [-0.25, -0.2) is 0 Å². The van der Waals surface area contributed by atoms with Gasteiger partial charge in [0.05, 0.1) is 6.04 Å². The van der Waals surface area contributed by atoms with Crippen LogP contribution >= 0.6 is 0 Å². The van der Waals surface area contributed by atoms with Gasteiger partial charge in [-0.3, -0.25) is 4.79 Å². The van der Waals surface area contributed by atoms with E-state index in [1.807, 2.05) is 14.0 Å². The van der Waals surface area contributed by atoms with E-state index in [0.29, 0.717) is 6.54 Å². The van der Waals surface area contributed by atoms with Crippen molar-refractivity contribution in [3.8, 4) is 0 Å². The van der Waals surface area contributed by atoms with Crippen molar-refractivity contribution in [3.63, 3.8) is 0 Å². The molecule has 0 rings (SSSR count). The molecule has 0 aromatic carbocycles. The van der Waals surface area contributed by atoms with Gasteiger partial charge in [0.25, 0.3) is 0 Å². The van der Waals surface area contributed by atoms with Crippen LogP contribution in [0.1, 0.15) is 26.2 Å². The third kappa shape index (κ3) is 6.54. The van der Waals surface area contributed by atoms with Crippen LogP contribution in [0.25, 0.3) is 0 Å². The van der Waals surface area contributed by atoms with Crippen molar-refractivity contribution in [2.45, 2.75) is 32.2 Å². The van der Waals surface area contributed by atoms with Gasteiger partial charge >= 0.3 is 0 Å². The molecule has 4 nitrogen and oxygen atoms in total. The maximum absolute atomic E-state index is 11.2. The number of carbonyl (C=O) groups excluding carboxylic acids is 1. The van der Waals surface area contributed by atoms with Crippen molar-refractivity contribution in [1.29, 1.82) is 0 Å². The van der Waals surface area contributed by atoms with Crippen molar-refractivity contribution < 1.29 is 4.79 Å². The molecule has 1 atom stereocenters. The number of likely N-dealkylation sites (N-methyl/N-ethyl adjacent to an activating group) is 1. The molecule has 1 amide bonds. The maximum Gasteiger partial charge on any atom is 0.236 e. The van der Waals surface area contributed by atoms with Crippen LogP contribution in [0, 0.1) is 0 Å². The molecule has 0 heterocycles. The zero-order valence-corrected chi connectivity index (χ0v) is 8.60. The molecular formula is C9H21N3O. The Morgan fingerprint density at radius 1 is 1.46 bits per heavy atom. The maximum atomic E-state index is 11.2. The number of nitrogens with one attached hydrogen (secondary N) is 2. The Morgan fingerprint density at radius 3 is 2.69 bits per heavy atom. The highest BCUT2D eigenvalue weighted by molar-refractivity contribution is 5.81. The average Bonchev–Trinajstić information content (AvgIpc) is 2.12. The van der Waals surface area contributed by atoms with Gasteiger partial charge in [0, 0.05) is 6.54 Å². The van der Waals surface area contributed by atoms with Crippen molar-refractivity contribution >= 4 is 5.91 Å². The Labute approximate surface area is 80.3 Å². The van der Waals surface area contributed by atoms with Crippen LogP contribution in [0.2, 0.25) is 0 Å². The Bertz CT molecular complexity index is 139. The first kappa shape index (κ1) is 12.4. The molecule has 0 bridgehead atoms. The molecule has 0 radical (unpaired) electrons. The van der Waals surface area contributed by atoms with E-state index < -0.39 is 0 Å². The highest BCUT2D eigenvalue weighted by Crippen LogP contribution is 1.97. The summed E-state index contributed by atoms with van der Waals surface area (Å²) in [6.45, 7) is 3.54. The van der Waals surface area contributed by atoms with Crippen LogP contribution in [-0.2, 0) is 4.79 Å². The summed E-state index contributed by atoms with van der Waals surface area (Å²) in [5.74, 6) is -0.0352. The molecule has 0 spiro atoms. The average molecular weight is 187 g/mol. The molecule has 4 heteroatoms. The van der Waals surface area contributed by atoms with Crippen LogP contribution in [0.5, 0.6) is 0 Å². The SMILES string of the molecule is CCNC(=O)C(N)CCCCNC. The van der Waals surface area contributed by atoms with E-state index in [1.165, 1.54) is 0 Å². The van der Waals surface area contributed by atoms with Gasteiger partial charge in [-0.05, 0) is 33.4 Å². The first-order chi connectivity index (χ1) is 6.22. The monoisotopic (exact) mass is 187 g/mol. The van der Waals surface area contributed by atoms with Gasteiger partial charge < -0.3 is 16.4 Å². The quantitative estimate of drug-likeness (QED) is 0.485. The second kappa shape index (κ2) is 8.01. The molecule has 0 aromatic heterocycles. The van der Waals surface area contributed by atoms with Gasteiger partial charge in [0.1, 0.15) is 0 Å². The molecule has 78 valence electrons. The molecule has 0 aromatic rings. The summed E-state index contributed by atoms with van der Waals surface area (Å²) < 4.78 is 0. The van der Waals surface area contributed by atoms with Crippen molar-refractivity contribution in [2.24, 2.45) is 5.73 Å². The van der Waals surface area contributed by atoms with Crippen molar-refractivity contribution in [2.75, 3.05) is 20.1 Å². The van der Waals surface area contributed by atoms with Crippen molar-refractivity contribution in [3.05, 3.63) is 0 Å². The number of nitrogens with two attached hydrogens (primary N) is 1. The lowest BCUT2D eigenvalue weighted by molar-refractivity contribution is -0.122. The molecule has 0 saturated heterocycles. The van der Waals surface area contributed by atoms with E-state index in [0.717, 1.165) is 25.8 Å². The van der Waals surface area contributed by atoms with Gasteiger partial charge in [-0.1, -0.05) is 6.42 Å². The van der Waals surface area contributed by atoms with Crippen LogP contribution in [-0.4, -0.2) is 32.1 Å². The normalized spacial score (nSPS) is 12.5. The molecule has 0 aliphatic heterocycles. The first-order valence-corrected chi connectivity index (χ1v) is 4.90. The lowest BCUT2D eigenvalue weighted by atomic mass is 10.1. The van der Waals surface area contributed by atoms with Crippen LogP contribution in [0.4, 0.5) is 0 Å². The number of amides is 1. The largest absolute Gasteiger partial charge is 0.355 e. The number of hydrogen-bond donors (Lipinski definition) is 3. The minimum Gasteiger partial charge on any atom is -0.355 e. The molecule has 0 fully saturated rings. The standard InChI is InChI=1S/C9H21N3O/c1-3-12-9(13)8(10)6-4-5-7-11-2/h8,11H,3-7,10H2,1-2H3,(H,12,13). The summed E-state index contributed by atoms with van der Waals surface area (Å²) in [5.41, 5.74) is 5.65.